The summed E-state index contributed by atoms with van der Waals surface area (Å²) in [5.74, 6) is 0.563. The van der Waals surface area contributed by atoms with Crippen LogP contribution in [0.15, 0.2) is 36.4 Å². The molecule has 1 fully saturated rings. The molecule has 1 aromatic carbocycles. The quantitative estimate of drug-likeness (QED) is 0.820. The molecule has 5 nitrogen and oxygen atoms in total. The predicted molar refractivity (Wildman–Crippen MR) is 99.6 cm³/mol. The maximum atomic E-state index is 12.3. The Bertz CT molecular complexity index is 654. The zero-order valence-electron chi connectivity index (χ0n) is 14.3. The van der Waals surface area contributed by atoms with Crippen molar-refractivity contribution in [3.05, 3.63) is 41.4 Å². The molecule has 1 aliphatic heterocycles. The molecule has 0 unspecified atom stereocenters. The Morgan fingerprint density at radius 1 is 1.16 bits per heavy atom. The zero-order chi connectivity index (χ0) is 17.6. The van der Waals surface area contributed by atoms with Gasteiger partial charge in [0.25, 0.3) is 0 Å². The average Bonchev–Trinajstić information content (AvgIpc) is 3.10. The molecular weight excluding hydrogens is 338 g/mol. The molecule has 0 radical (unpaired) electrons. The molecule has 1 N–H and O–H groups in total. The lowest BCUT2D eigenvalue weighted by Crippen LogP contribution is -2.50. The molecule has 2 amide bonds. The number of benzene rings is 1. The largest absolute Gasteiger partial charge is 0.340 e. The van der Waals surface area contributed by atoms with Crippen LogP contribution >= 0.6 is 11.6 Å². The summed E-state index contributed by atoms with van der Waals surface area (Å²) < 4.78 is 0. The summed E-state index contributed by atoms with van der Waals surface area (Å²) in [6.45, 7) is 3.15. The number of hydrogen-bond acceptors (Lipinski definition) is 3. The van der Waals surface area contributed by atoms with Gasteiger partial charge in [-0.2, -0.15) is 0 Å². The Labute approximate surface area is 153 Å². The van der Waals surface area contributed by atoms with Crippen molar-refractivity contribution in [2.75, 3.05) is 38.0 Å². The Balaban J connectivity index is 1.41. The molecule has 0 aromatic heterocycles. The van der Waals surface area contributed by atoms with Gasteiger partial charge in [-0.1, -0.05) is 35.9 Å². The minimum atomic E-state index is -0.0797. The molecule has 0 spiro atoms. The van der Waals surface area contributed by atoms with Crippen LogP contribution < -0.4 is 5.32 Å². The Morgan fingerprint density at radius 3 is 2.60 bits per heavy atom. The molecule has 134 valence electrons. The highest BCUT2D eigenvalue weighted by Crippen LogP contribution is 2.22. The monoisotopic (exact) mass is 361 g/mol. The summed E-state index contributed by atoms with van der Waals surface area (Å²) in [6, 6.07) is 7.20. The van der Waals surface area contributed by atoms with Crippen LogP contribution in [0.3, 0.4) is 0 Å². The average molecular weight is 362 g/mol. The Kier molecular flexibility index (Phi) is 6.10. The molecule has 6 heteroatoms. The number of allylic oxidation sites excluding steroid dienone is 2. The van der Waals surface area contributed by atoms with Crippen molar-refractivity contribution in [1.29, 1.82) is 0 Å². The smallest absolute Gasteiger partial charge is 0.238 e. The van der Waals surface area contributed by atoms with Crippen LogP contribution in [0, 0.1) is 5.92 Å². The highest BCUT2D eigenvalue weighted by atomic mass is 35.5. The van der Waals surface area contributed by atoms with Crippen LogP contribution in [0.25, 0.3) is 0 Å². The lowest BCUT2D eigenvalue weighted by atomic mass is 10.0. The van der Waals surface area contributed by atoms with Gasteiger partial charge in [0.15, 0.2) is 0 Å². The van der Waals surface area contributed by atoms with Gasteiger partial charge in [0.2, 0.25) is 11.8 Å². The maximum Gasteiger partial charge on any atom is 0.238 e. The van der Waals surface area contributed by atoms with Crippen molar-refractivity contribution < 1.29 is 9.59 Å². The topological polar surface area (TPSA) is 52.7 Å². The third-order valence-electron chi connectivity index (χ3n) is 4.79. The van der Waals surface area contributed by atoms with Crippen LogP contribution in [-0.4, -0.2) is 54.3 Å². The fourth-order valence-electron chi connectivity index (χ4n) is 3.33. The van der Waals surface area contributed by atoms with Gasteiger partial charge < -0.3 is 10.2 Å². The van der Waals surface area contributed by atoms with E-state index in [0.29, 0.717) is 42.7 Å². The lowest BCUT2D eigenvalue weighted by molar-refractivity contribution is -0.133. The van der Waals surface area contributed by atoms with E-state index in [0.717, 1.165) is 25.9 Å². The van der Waals surface area contributed by atoms with Gasteiger partial charge in [0, 0.05) is 32.6 Å². The molecule has 1 saturated heterocycles. The van der Waals surface area contributed by atoms with E-state index in [2.05, 4.69) is 22.4 Å². The van der Waals surface area contributed by atoms with Gasteiger partial charge >= 0.3 is 0 Å². The number of carbonyl (C=O) groups is 2. The number of piperazine rings is 1. The van der Waals surface area contributed by atoms with Crippen LogP contribution in [0.2, 0.25) is 5.02 Å². The van der Waals surface area contributed by atoms with Gasteiger partial charge in [0.05, 0.1) is 17.3 Å². The highest BCUT2D eigenvalue weighted by molar-refractivity contribution is 6.33. The second-order valence-corrected chi connectivity index (χ2v) is 7.06. The third kappa shape index (κ3) is 5.06. The lowest BCUT2D eigenvalue weighted by Gasteiger charge is -2.34. The van der Waals surface area contributed by atoms with Gasteiger partial charge in [0.1, 0.15) is 0 Å². The van der Waals surface area contributed by atoms with Crippen molar-refractivity contribution >= 4 is 29.1 Å². The van der Waals surface area contributed by atoms with Crippen molar-refractivity contribution in [2.45, 2.75) is 19.3 Å². The molecule has 1 heterocycles. The van der Waals surface area contributed by atoms with Gasteiger partial charge in [-0.05, 0) is 30.9 Å². The summed E-state index contributed by atoms with van der Waals surface area (Å²) in [5, 5.41) is 3.37. The van der Waals surface area contributed by atoms with Crippen molar-refractivity contribution in [3.63, 3.8) is 0 Å². The summed E-state index contributed by atoms with van der Waals surface area (Å²) in [5.41, 5.74) is 0.632. The fraction of sp³-hybridized carbons (Fsp3) is 0.474. The van der Waals surface area contributed by atoms with Gasteiger partial charge in [-0.3, -0.25) is 14.5 Å². The van der Waals surface area contributed by atoms with E-state index in [1.165, 1.54) is 0 Å². The number of halogens is 1. The Hall–Kier alpha value is -1.85. The number of para-hydroxylation sites is 1. The standard InChI is InChI=1S/C19H24ClN3O2/c20-16-7-3-4-8-17(16)21-18(24)14-22-9-11-23(12-10-22)19(25)13-15-5-1-2-6-15/h1,3-5,7-8,15H,2,6,9-14H2,(H,21,24)/t15-/m1/s1. The summed E-state index contributed by atoms with van der Waals surface area (Å²) in [4.78, 5) is 28.5. The van der Waals surface area contributed by atoms with E-state index >= 15 is 0 Å². The molecule has 1 aliphatic carbocycles. The number of nitrogens with zero attached hydrogens (tertiary/aromatic N) is 2. The number of nitrogens with one attached hydrogen (secondary N) is 1. The van der Waals surface area contributed by atoms with Gasteiger partial charge in [-0.15, -0.1) is 0 Å². The SMILES string of the molecule is O=C(CN1CCN(C(=O)C[C@@H]2C=CCC2)CC1)Nc1ccccc1Cl. The first-order valence-corrected chi connectivity index (χ1v) is 9.21. The van der Waals surface area contributed by atoms with Crippen LogP contribution in [0.1, 0.15) is 19.3 Å². The summed E-state index contributed by atoms with van der Waals surface area (Å²) in [6.07, 6.45) is 7.12. The van der Waals surface area contributed by atoms with E-state index in [-0.39, 0.29) is 11.8 Å². The molecule has 1 aromatic rings. The zero-order valence-corrected chi connectivity index (χ0v) is 15.0. The normalized spacial score (nSPS) is 20.7. The van der Waals surface area contributed by atoms with E-state index in [9.17, 15) is 9.59 Å². The first kappa shape index (κ1) is 18.0. The van der Waals surface area contributed by atoms with E-state index in [1.54, 1.807) is 12.1 Å². The highest BCUT2D eigenvalue weighted by Gasteiger charge is 2.24. The van der Waals surface area contributed by atoms with Crippen molar-refractivity contribution in [2.24, 2.45) is 5.92 Å². The minimum absolute atomic E-state index is 0.0797. The summed E-state index contributed by atoms with van der Waals surface area (Å²) >= 11 is 6.06. The second-order valence-electron chi connectivity index (χ2n) is 6.65. The van der Waals surface area contributed by atoms with E-state index in [1.807, 2.05) is 17.0 Å². The Morgan fingerprint density at radius 2 is 1.92 bits per heavy atom. The molecule has 0 bridgehead atoms. The van der Waals surface area contributed by atoms with E-state index < -0.39 is 0 Å². The number of anilines is 1. The molecule has 0 saturated carbocycles. The minimum Gasteiger partial charge on any atom is -0.340 e. The fourth-order valence-corrected chi connectivity index (χ4v) is 3.51. The molecule has 1 atom stereocenters. The maximum absolute atomic E-state index is 12.3. The molecule has 2 aliphatic rings. The number of hydrogen-bond donors (Lipinski definition) is 1. The number of carbonyl (C=O) groups excluding carboxylic acids is 2. The number of rotatable bonds is 5. The predicted octanol–water partition coefficient (Wildman–Crippen LogP) is 2.78. The first-order valence-electron chi connectivity index (χ1n) is 8.83. The van der Waals surface area contributed by atoms with E-state index in [4.69, 9.17) is 11.6 Å². The third-order valence-corrected chi connectivity index (χ3v) is 5.12. The molecule has 25 heavy (non-hydrogen) atoms. The first-order chi connectivity index (χ1) is 12.1. The van der Waals surface area contributed by atoms with Crippen molar-refractivity contribution in [3.8, 4) is 0 Å². The summed E-state index contributed by atoms with van der Waals surface area (Å²) in [7, 11) is 0. The van der Waals surface area contributed by atoms with Crippen LogP contribution in [-0.2, 0) is 9.59 Å². The molecular formula is C19H24ClN3O2. The van der Waals surface area contributed by atoms with Crippen molar-refractivity contribution in [1.82, 2.24) is 9.80 Å². The van der Waals surface area contributed by atoms with Crippen LogP contribution in [0.4, 0.5) is 5.69 Å². The van der Waals surface area contributed by atoms with Crippen LogP contribution in [0.5, 0.6) is 0 Å². The van der Waals surface area contributed by atoms with Gasteiger partial charge in [-0.25, -0.2) is 0 Å². The number of amides is 2. The molecule has 3 rings (SSSR count). The second kappa shape index (κ2) is 8.50.